The van der Waals surface area contributed by atoms with Crippen molar-refractivity contribution in [2.75, 3.05) is 11.9 Å². The van der Waals surface area contributed by atoms with Gasteiger partial charge in [0.05, 0.1) is 17.4 Å². The van der Waals surface area contributed by atoms with E-state index < -0.39 is 0 Å². The fraction of sp³-hybridized carbons (Fsp3) is 0.357. The average Bonchev–Trinajstić information content (AvgIpc) is 2.83. The fourth-order valence-corrected chi connectivity index (χ4v) is 1.61. The van der Waals surface area contributed by atoms with E-state index in [1.807, 2.05) is 32.0 Å². The molecule has 0 unspecified atom stereocenters. The normalized spacial score (nSPS) is 10.8. The maximum absolute atomic E-state index is 11.8. The predicted octanol–water partition coefficient (Wildman–Crippen LogP) is 2.41. The average molecular weight is 275 g/mol. The summed E-state index contributed by atoms with van der Waals surface area (Å²) in [5, 5.41) is 6.53. The summed E-state index contributed by atoms with van der Waals surface area (Å²) >= 11 is 0. The van der Waals surface area contributed by atoms with Crippen LogP contribution < -0.4 is 5.32 Å². The first-order valence-electron chi connectivity index (χ1n) is 6.37. The number of rotatable bonds is 5. The van der Waals surface area contributed by atoms with Gasteiger partial charge in [-0.2, -0.15) is 4.98 Å². The molecule has 106 valence electrons. The number of anilines is 1. The molecule has 1 aromatic carbocycles. The lowest BCUT2D eigenvalue weighted by molar-refractivity contribution is -0.121. The molecule has 20 heavy (non-hydrogen) atoms. The van der Waals surface area contributed by atoms with Gasteiger partial charge in [-0.25, -0.2) is 0 Å². The zero-order chi connectivity index (χ0) is 14.5. The van der Waals surface area contributed by atoms with Crippen molar-refractivity contribution >= 4 is 11.6 Å². The summed E-state index contributed by atoms with van der Waals surface area (Å²) in [7, 11) is 0. The Balaban J connectivity index is 2.14. The minimum atomic E-state index is -0.220. The predicted molar refractivity (Wildman–Crippen MR) is 74.2 cm³/mol. The molecule has 0 bridgehead atoms. The number of aromatic nitrogens is 2. The second-order valence-electron chi connectivity index (χ2n) is 4.60. The van der Waals surface area contributed by atoms with Crippen LogP contribution in [0.25, 0.3) is 11.5 Å². The summed E-state index contributed by atoms with van der Waals surface area (Å²) in [6.07, 6.45) is 0.00887. The fourth-order valence-electron chi connectivity index (χ4n) is 1.61. The molecule has 0 aliphatic rings. The highest BCUT2D eigenvalue weighted by Gasteiger charge is 2.13. The Kier molecular flexibility index (Phi) is 4.47. The number of ether oxygens (including phenoxy) is 1. The first-order valence-corrected chi connectivity index (χ1v) is 6.37. The third-order valence-corrected chi connectivity index (χ3v) is 2.51. The highest BCUT2D eigenvalue weighted by Crippen LogP contribution is 2.26. The van der Waals surface area contributed by atoms with Crippen LogP contribution in [0.15, 0.2) is 28.8 Å². The van der Waals surface area contributed by atoms with Crippen molar-refractivity contribution < 1.29 is 14.1 Å². The molecule has 1 N–H and O–H groups in total. The summed E-state index contributed by atoms with van der Waals surface area (Å²) in [5.74, 6) is 0.704. The number of carbonyl (C=O) groups excluding carboxylic acids is 1. The standard InChI is InChI=1S/C14H17N3O3/c1-9(2)19-8-13(18)16-12-7-5-4-6-11(12)14-15-10(3)17-20-14/h4-7,9H,8H2,1-3H3,(H,16,18). The minimum Gasteiger partial charge on any atom is -0.369 e. The Labute approximate surface area is 117 Å². The van der Waals surface area contributed by atoms with Gasteiger partial charge in [-0.15, -0.1) is 0 Å². The number of amides is 1. The lowest BCUT2D eigenvalue weighted by Crippen LogP contribution is -2.21. The third-order valence-electron chi connectivity index (χ3n) is 2.51. The molecule has 0 spiro atoms. The molecule has 1 aromatic heterocycles. The Morgan fingerprint density at radius 1 is 1.40 bits per heavy atom. The van der Waals surface area contributed by atoms with E-state index in [-0.39, 0.29) is 18.6 Å². The van der Waals surface area contributed by atoms with Crippen molar-refractivity contribution in [3.05, 3.63) is 30.1 Å². The number of carbonyl (C=O) groups is 1. The maximum Gasteiger partial charge on any atom is 0.260 e. The van der Waals surface area contributed by atoms with Crippen LogP contribution in [0.3, 0.4) is 0 Å². The number of nitrogens with zero attached hydrogens (tertiary/aromatic N) is 2. The first-order chi connectivity index (χ1) is 9.56. The molecule has 2 aromatic rings. The van der Waals surface area contributed by atoms with E-state index in [4.69, 9.17) is 9.26 Å². The van der Waals surface area contributed by atoms with Crippen molar-refractivity contribution in [2.45, 2.75) is 26.9 Å². The van der Waals surface area contributed by atoms with Gasteiger partial charge in [0.25, 0.3) is 5.89 Å². The van der Waals surface area contributed by atoms with E-state index >= 15 is 0 Å². The van der Waals surface area contributed by atoms with Crippen molar-refractivity contribution in [3.8, 4) is 11.5 Å². The quantitative estimate of drug-likeness (QED) is 0.906. The van der Waals surface area contributed by atoms with E-state index in [0.717, 1.165) is 0 Å². The van der Waals surface area contributed by atoms with E-state index in [0.29, 0.717) is 23.0 Å². The molecular formula is C14H17N3O3. The Hall–Kier alpha value is -2.21. The number of benzene rings is 1. The third kappa shape index (κ3) is 3.64. The van der Waals surface area contributed by atoms with Gasteiger partial charge in [0.1, 0.15) is 6.61 Å². The molecule has 0 fully saturated rings. The van der Waals surface area contributed by atoms with Gasteiger partial charge >= 0.3 is 0 Å². The lowest BCUT2D eigenvalue weighted by atomic mass is 10.1. The molecule has 1 heterocycles. The zero-order valence-corrected chi connectivity index (χ0v) is 11.7. The summed E-state index contributed by atoms with van der Waals surface area (Å²) < 4.78 is 10.4. The SMILES string of the molecule is Cc1noc(-c2ccccc2NC(=O)COC(C)C)n1. The van der Waals surface area contributed by atoms with Gasteiger partial charge in [-0.05, 0) is 32.9 Å². The summed E-state index contributed by atoms with van der Waals surface area (Å²) in [6.45, 7) is 5.50. The van der Waals surface area contributed by atoms with Gasteiger partial charge in [0.15, 0.2) is 5.82 Å². The molecule has 1 amide bonds. The van der Waals surface area contributed by atoms with E-state index in [9.17, 15) is 4.79 Å². The van der Waals surface area contributed by atoms with Gasteiger partial charge in [0.2, 0.25) is 5.91 Å². The molecule has 0 saturated heterocycles. The molecule has 6 nitrogen and oxygen atoms in total. The van der Waals surface area contributed by atoms with Gasteiger partial charge in [0, 0.05) is 0 Å². The topological polar surface area (TPSA) is 77.2 Å². The van der Waals surface area contributed by atoms with Crippen LogP contribution in [0, 0.1) is 6.92 Å². The molecule has 0 aliphatic carbocycles. The van der Waals surface area contributed by atoms with Gasteiger partial charge in [-0.3, -0.25) is 4.79 Å². The number of hydrogen-bond donors (Lipinski definition) is 1. The molecule has 6 heteroatoms. The van der Waals surface area contributed by atoms with E-state index in [1.54, 1.807) is 13.0 Å². The van der Waals surface area contributed by atoms with E-state index in [2.05, 4.69) is 15.5 Å². The molecule has 0 saturated carbocycles. The second-order valence-corrected chi connectivity index (χ2v) is 4.60. The Bertz CT molecular complexity index is 593. The first kappa shape index (κ1) is 14.2. The van der Waals surface area contributed by atoms with Crippen LogP contribution in [0.4, 0.5) is 5.69 Å². The number of nitrogens with one attached hydrogen (secondary N) is 1. The smallest absolute Gasteiger partial charge is 0.260 e. The largest absolute Gasteiger partial charge is 0.369 e. The number of hydrogen-bond acceptors (Lipinski definition) is 5. The van der Waals surface area contributed by atoms with Crippen molar-refractivity contribution in [2.24, 2.45) is 0 Å². The van der Waals surface area contributed by atoms with Crippen LogP contribution in [-0.4, -0.2) is 28.8 Å². The van der Waals surface area contributed by atoms with Crippen LogP contribution in [0.5, 0.6) is 0 Å². The molecule has 0 radical (unpaired) electrons. The highest BCUT2D eigenvalue weighted by atomic mass is 16.5. The maximum atomic E-state index is 11.8. The summed E-state index contributed by atoms with van der Waals surface area (Å²) in [4.78, 5) is 16.0. The van der Waals surface area contributed by atoms with Crippen LogP contribution in [0.1, 0.15) is 19.7 Å². The summed E-state index contributed by atoms with van der Waals surface area (Å²) in [5.41, 5.74) is 1.31. The van der Waals surface area contributed by atoms with Crippen molar-refractivity contribution in [3.63, 3.8) is 0 Å². The van der Waals surface area contributed by atoms with E-state index in [1.165, 1.54) is 0 Å². The summed E-state index contributed by atoms with van der Waals surface area (Å²) in [6, 6.07) is 7.26. The lowest BCUT2D eigenvalue weighted by Gasteiger charge is -2.10. The number of aryl methyl sites for hydroxylation is 1. The van der Waals surface area contributed by atoms with Crippen LogP contribution in [0.2, 0.25) is 0 Å². The van der Waals surface area contributed by atoms with Crippen LogP contribution in [-0.2, 0) is 9.53 Å². The Morgan fingerprint density at radius 2 is 2.15 bits per heavy atom. The molecule has 0 aliphatic heterocycles. The van der Waals surface area contributed by atoms with Gasteiger partial charge in [-0.1, -0.05) is 17.3 Å². The Morgan fingerprint density at radius 3 is 2.80 bits per heavy atom. The van der Waals surface area contributed by atoms with Crippen LogP contribution >= 0.6 is 0 Å². The second kappa shape index (κ2) is 6.29. The highest BCUT2D eigenvalue weighted by molar-refractivity contribution is 5.95. The van der Waals surface area contributed by atoms with Crippen molar-refractivity contribution in [1.29, 1.82) is 0 Å². The van der Waals surface area contributed by atoms with Crippen molar-refractivity contribution in [1.82, 2.24) is 10.1 Å². The zero-order valence-electron chi connectivity index (χ0n) is 11.7. The number of para-hydroxylation sites is 1. The van der Waals surface area contributed by atoms with Gasteiger partial charge < -0.3 is 14.6 Å². The monoisotopic (exact) mass is 275 g/mol. The minimum absolute atomic E-state index is 0.00879. The molecule has 0 atom stereocenters. The molecular weight excluding hydrogens is 258 g/mol. The molecule has 2 rings (SSSR count).